The van der Waals surface area contributed by atoms with Gasteiger partial charge in [-0.25, -0.2) is 17.6 Å². The summed E-state index contributed by atoms with van der Waals surface area (Å²) in [4.78, 5) is 0. The first-order valence-corrected chi connectivity index (χ1v) is 6.99. The lowest BCUT2D eigenvalue weighted by Gasteiger charge is -2.28. The van der Waals surface area contributed by atoms with E-state index in [2.05, 4.69) is 5.32 Å². The Kier molecular flexibility index (Phi) is 5.02. The third-order valence-corrected chi connectivity index (χ3v) is 3.90. The van der Waals surface area contributed by atoms with Crippen molar-refractivity contribution < 1.29 is 17.6 Å². The van der Waals surface area contributed by atoms with Gasteiger partial charge in [0.1, 0.15) is 11.6 Å². The van der Waals surface area contributed by atoms with Gasteiger partial charge in [0.05, 0.1) is 0 Å². The van der Waals surface area contributed by atoms with E-state index >= 15 is 0 Å². The monoisotopic (exact) mass is 289 g/mol. The SMILES string of the molecule is Fc1ccc(CNCCC2CCC(F)(F)CC2)c(F)c1. The van der Waals surface area contributed by atoms with Gasteiger partial charge >= 0.3 is 0 Å². The van der Waals surface area contributed by atoms with Gasteiger partial charge in [0, 0.05) is 31.0 Å². The fourth-order valence-electron chi connectivity index (χ4n) is 2.58. The van der Waals surface area contributed by atoms with E-state index in [1.165, 1.54) is 12.1 Å². The number of hydrogen-bond donors (Lipinski definition) is 1. The summed E-state index contributed by atoms with van der Waals surface area (Å²) in [5.41, 5.74) is 0.418. The molecular formula is C15H19F4N. The molecule has 0 spiro atoms. The first kappa shape index (κ1) is 15.3. The largest absolute Gasteiger partial charge is 0.313 e. The number of nitrogens with one attached hydrogen (secondary N) is 1. The highest BCUT2D eigenvalue weighted by Crippen LogP contribution is 2.37. The van der Waals surface area contributed by atoms with Crippen LogP contribution in [0.2, 0.25) is 0 Å². The molecule has 1 N–H and O–H groups in total. The topological polar surface area (TPSA) is 12.0 Å². The highest BCUT2D eigenvalue weighted by atomic mass is 19.3. The predicted molar refractivity (Wildman–Crippen MR) is 69.6 cm³/mol. The number of rotatable bonds is 5. The minimum Gasteiger partial charge on any atom is -0.313 e. The van der Waals surface area contributed by atoms with Crippen LogP contribution in [0.25, 0.3) is 0 Å². The molecular weight excluding hydrogens is 270 g/mol. The maximum Gasteiger partial charge on any atom is 0.248 e. The van der Waals surface area contributed by atoms with Gasteiger partial charge in [0.2, 0.25) is 5.92 Å². The third kappa shape index (κ3) is 4.47. The summed E-state index contributed by atoms with van der Waals surface area (Å²) in [6.45, 7) is 0.988. The molecule has 0 unspecified atom stereocenters. The van der Waals surface area contributed by atoms with Crippen LogP contribution in [-0.2, 0) is 6.54 Å². The molecule has 1 saturated carbocycles. The molecule has 20 heavy (non-hydrogen) atoms. The molecule has 1 nitrogen and oxygen atoms in total. The van der Waals surface area contributed by atoms with Crippen LogP contribution >= 0.6 is 0 Å². The molecule has 0 amide bonds. The third-order valence-electron chi connectivity index (χ3n) is 3.90. The van der Waals surface area contributed by atoms with E-state index < -0.39 is 17.6 Å². The zero-order valence-electron chi connectivity index (χ0n) is 11.3. The van der Waals surface area contributed by atoms with Crippen LogP contribution in [0.15, 0.2) is 18.2 Å². The van der Waals surface area contributed by atoms with Crippen molar-refractivity contribution in [2.24, 2.45) is 5.92 Å². The van der Waals surface area contributed by atoms with Crippen LogP contribution in [0.1, 0.15) is 37.7 Å². The van der Waals surface area contributed by atoms with E-state index in [4.69, 9.17) is 0 Å². The van der Waals surface area contributed by atoms with Gasteiger partial charge < -0.3 is 5.32 Å². The summed E-state index contributed by atoms with van der Waals surface area (Å²) in [7, 11) is 0. The van der Waals surface area contributed by atoms with Crippen molar-refractivity contribution in [3.8, 4) is 0 Å². The first-order chi connectivity index (χ1) is 9.46. The fraction of sp³-hybridized carbons (Fsp3) is 0.600. The van der Waals surface area contributed by atoms with E-state index in [1.54, 1.807) is 0 Å². The zero-order chi connectivity index (χ0) is 14.6. The molecule has 1 aromatic rings. The molecule has 0 saturated heterocycles. The van der Waals surface area contributed by atoms with E-state index in [0.717, 1.165) is 12.5 Å². The molecule has 1 fully saturated rings. The Labute approximate surface area is 116 Å². The van der Waals surface area contributed by atoms with Gasteiger partial charge in [-0.15, -0.1) is 0 Å². The second kappa shape index (κ2) is 6.57. The van der Waals surface area contributed by atoms with E-state index in [0.29, 0.717) is 37.4 Å². The smallest absolute Gasteiger partial charge is 0.248 e. The minimum absolute atomic E-state index is 0.0236. The zero-order valence-corrected chi connectivity index (χ0v) is 11.3. The summed E-state index contributed by atoms with van der Waals surface area (Å²) in [6.07, 6.45) is 1.88. The standard InChI is InChI=1S/C15H19F4N/c16-13-2-1-12(14(17)9-13)10-20-8-5-11-3-6-15(18,19)7-4-11/h1-2,9,11,20H,3-8,10H2. The lowest BCUT2D eigenvalue weighted by Crippen LogP contribution is -2.26. The molecule has 5 heteroatoms. The fourth-order valence-corrected chi connectivity index (χ4v) is 2.58. The van der Waals surface area contributed by atoms with Gasteiger partial charge in [-0.3, -0.25) is 0 Å². The molecule has 1 aromatic carbocycles. The summed E-state index contributed by atoms with van der Waals surface area (Å²) >= 11 is 0. The summed E-state index contributed by atoms with van der Waals surface area (Å²) < 4.78 is 52.0. The Morgan fingerprint density at radius 3 is 2.50 bits per heavy atom. The minimum atomic E-state index is -2.48. The maximum atomic E-state index is 13.4. The molecule has 2 rings (SSSR count). The molecule has 0 aromatic heterocycles. The first-order valence-electron chi connectivity index (χ1n) is 6.99. The van der Waals surface area contributed by atoms with Crippen LogP contribution in [0.3, 0.4) is 0 Å². The Balaban J connectivity index is 1.67. The molecule has 1 aliphatic carbocycles. The second-order valence-corrected chi connectivity index (χ2v) is 5.50. The summed E-state index contributed by atoms with van der Waals surface area (Å²) in [5.74, 6) is -3.31. The molecule has 0 atom stereocenters. The molecule has 112 valence electrons. The number of alkyl halides is 2. The maximum absolute atomic E-state index is 13.4. The highest BCUT2D eigenvalue weighted by molar-refractivity contribution is 5.18. The normalized spacial score (nSPS) is 19.2. The van der Waals surface area contributed by atoms with Crippen molar-refractivity contribution >= 4 is 0 Å². The average molecular weight is 289 g/mol. The van der Waals surface area contributed by atoms with Crippen LogP contribution < -0.4 is 5.32 Å². The van der Waals surface area contributed by atoms with Gasteiger partial charge in [0.25, 0.3) is 0 Å². The Bertz CT molecular complexity index is 437. The average Bonchev–Trinajstić information content (AvgIpc) is 2.38. The van der Waals surface area contributed by atoms with Crippen molar-refractivity contribution in [1.82, 2.24) is 5.32 Å². The lowest BCUT2D eigenvalue weighted by atomic mass is 9.85. The number of benzene rings is 1. The van der Waals surface area contributed by atoms with Gasteiger partial charge in [-0.05, 0) is 37.8 Å². The van der Waals surface area contributed by atoms with Crippen molar-refractivity contribution in [3.05, 3.63) is 35.4 Å². The van der Waals surface area contributed by atoms with Crippen LogP contribution in [0.5, 0.6) is 0 Å². The van der Waals surface area contributed by atoms with E-state index in [1.807, 2.05) is 0 Å². The predicted octanol–water partition coefficient (Wildman–Crippen LogP) is 4.27. The molecule has 0 heterocycles. The molecule has 1 aliphatic rings. The quantitative estimate of drug-likeness (QED) is 0.630. The van der Waals surface area contributed by atoms with E-state index in [9.17, 15) is 17.6 Å². The number of hydrogen-bond acceptors (Lipinski definition) is 1. The number of halogens is 4. The van der Waals surface area contributed by atoms with Gasteiger partial charge in [-0.1, -0.05) is 6.07 Å². The van der Waals surface area contributed by atoms with Gasteiger partial charge in [-0.2, -0.15) is 0 Å². The van der Waals surface area contributed by atoms with Crippen LogP contribution in [-0.4, -0.2) is 12.5 Å². The molecule has 0 aliphatic heterocycles. The Hall–Kier alpha value is -1.10. The summed E-state index contributed by atoms with van der Waals surface area (Å²) in [6, 6.07) is 3.50. The van der Waals surface area contributed by atoms with Crippen molar-refractivity contribution in [2.45, 2.75) is 44.6 Å². The second-order valence-electron chi connectivity index (χ2n) is 5.50. The summed E-state index contributed by atoms with van der Waals surface area (Å²) in [5, 5.41) is 3.08. The van der Waals surface area contributed by atoms with Crippen LogP contribution in [0, 0.1) is 17.6 Å². The Morgan fingerprint density at radius 1 is 1.15 bits per heavy atom. The lowest BCUT2D eigenvalue weighted by molar-refractivity contribution is -0.0464. The van der Waals surface area contributed by atoms with E-state index in [-0.39, 0.29) is 12.8 Å². The Morgan fingerprint density at radius 2 is 1.85 bits per heavy atom. The highest BCUT2D eigenvalue weighted by Gasteiger charge is 2.34. The van der Waals surface area contributed by atoms with Crippen molar-refractivity contribution in [2.75, 3.05) is 6.54 Å². The molecule has 0 bridgehead atoms. The van der Waals surface area contributed by atoms with Gasteiger partial charge in [0.15, 0.2) is 0 Å². The van der Waals surface area contributed by atoms with Crippen molar-refractivity contribution in [3.63, 3.8) is 0 Å². The molecule has 0 radical (unpaired) electrons. The van der Waals surface area contributed by atoms with Crippen molar-refractivity contribution in [1.29, 1.82) is 0 Å². The van der Waals surface area contributed by atoms with Crippen LogP contribution in [0.4, 0.5) is 17.6 Å².